The molecule has 0 N–H and O–H groups in total. The van der Waals surface area contributed by atoms with Crippen LogP contribution in [0.5, 0.6) is 0 Å². The van der Waals surface area contributed by atoms with Crippen LogP contribution in [0, 0.1) is 5.92 Å². The van der Waals surface area contributed by atoms with Crippen LogP contribution in [0.2, 0.25) is 0 Å². The number of carbonyl (C=O) groups excluding carboxylic acids is 7. The molecule has 0 aromatic heterocycles. The van der Waals surface area contributed by atoms with Gasteiger partial charge in [-0.1, -0.05) is 26.0 Å². The molecule has 2 saturated heterocycles. The minimum absolute atomic E-state index is 0.226. The number of thioether (sulfide) groups is 1. The summed E-state index contributed by atoms with van der Waals surface area (Å²) in [7, 11) is 0. The second-order valence-corrected chi connectivity index (χ2v) is 13.2. The van der Waals surface area contributed by atoms with Crippen molar-refractivity contribution in [1.29, 1.82) is 0 Å². The van der Waals surface area contributed by atoms with Gasteiger partial charge in [0.15, 0.2) is 24.6 Å². The highest BCUT2D eigenvalue weighted by atomic mass is 32.2. The Morgan fingerprint density at radius 3 is 1.66 bits per heavy atom. The molecule has 274 valence electrons. The predicted octanol–water partition coefficient (Wildman–Crippen LogP) is 1.80. The van der Waals surface area contributed by atoms with Crippen LogP contribution in [0.15, 0.2) is 24.3 Å². The van der Waals surface area contributed by atoms with Gasteiger partial charge in [0.05, 0.1) is 23.3 Å². The molecule has 0 saturated carbocycles. The molecule has 3 aliphatic rings. The standard InChI is InChI=1S/C33H41NO15S/c1-8-50-33-25(34-30(40)21-11-9-10-12-22(21)31(34)41)15(2)26(23(48-33)13-42-16(3)35)49-32-29(46-20(7)39)28(45-19(6)38)27(44-18(5)37)24(47-32)14-43-17(4)36/h9-12,15,23-29,32-33H,8,13-14H2,1-7H3. The van der Waals surface area contributed by atoms with E-state index in [-0.39, 0.29) is 17.7 Å². The number of ether oxygens (including phenoxy) is 8. The normalized spacial score (nSPS) is 30.6. The van der Waals surface area contributed by atoms with Gasteiger partial charge < -0.3 is 37.9 Å². The van der Waals surface area contributed by atoms with E-state index in [1.165, 1.54) is 18.7 Å². The molecule has 10 atom stereocenters. The Bertz CT molecular complexity index is 1450. The summed E-state index contributed by atoms with van der Waals surface area (Å²) in [6.45, 7) is 8.43. The molecule has 1 aromatic carbocycles. The van der Waals surface area contributed by atoms with Crippen LogP contribution in [0.3, 0.4) is 0 Å². The van der Waals surface area contributed by atoms with E-state index in [9.17, 15) is 33.6 Å². The first kappa shape index (κ1) is 38.7. The Labute approximate surface area is 292 Å². The van der Waals surface area contributed by atoms with Crippen LogP contribution in [0.25, 0.3) is 0 Å². The second-order valence-electron chi connectivity index (χ2n) is 11.8. The molecule has 0 radical (unpaired) electrons. The average Bonchev–Trinajstić information content (AvgIpc) is 3.28. The van der Waals surface area contributed by atoms with E-state index in [4.69, 9.17) is 37.9 Å². The lowest BCUT2D eigenvalue weighted by Crippen LogP contribution is -2.66. The van der Waals surface area contributed by atoms with E-state index in [2.05, 4.69) is 0 Å². The fraction of sp³-hybridized carbons (Fsp3) is 0.606. The zero-order chi connectivity index (χ0) is 36.9. The fourth-order valence-corrected chi connectivity index (χ4v) is 7.36. The molecule has 3 heterocycles. The predicted molar refractivity (Wildman–Crippen MR) is 170 cm³/mol. The highest BCUT2D eigenvalue weighted by Gasteiger charge is 2.57. The number of amides is 2. The molecular formula is C33H41NO15S. The maximum absolute atomic E-state index is 13.7. The molecule has 16 nitrogen and oxygen atoms in total. The summed E-state index contributed by atoms with van der Waals surface area (Å²) >= 11 is 1.33. The van der Waals surface area contributed by atoms with Crippen molar-refractivity contribution >= 4 is 53.4 Å². The Hall–Kier alpha value is -4.06. The van der Waals surface area contributed by atoms with Crippen molar-refractivity contribution < 1.29 is 71.5 Å². The maximum atomic E-state index is 13.7. The number of carbonyl (C=O) groups is 7. The van der Waals surface area contributed by atoms with Gasteiger partial charge in [0.1, 0.15) is 30.9 Å². The minimum atomic E-state index is -1.61. The van der Waals surface area contributed by atoms with Crippen molar-refractivity contribution in [2.45, 2.75) is 103 Å². The van der Waals surface area contributed by atoms with E-state index < -0.39 is 109 Å². The van der Waals surface area contributed by atoms with Gasteiger partial charge in [-0.05, 0) is 17.9 Å². The summed E-state index contributed by atoms with van der Waals surface area (Å²) in [5.41, 5.74) is -0.332. The lowest BCUT2D eigenvalue weighted by atomic mass is 9.88. The van der Waals surface area contributed by atoms with Crippen LogP contribution >= 0.6 is 11.8 Å². The van der Waals surface area contributed by atoms with Gasteiger partial charge in [0.25, 0.3) is 11.8 Å². The van der Waals surface area contributed by atoms with E-state index in [0.717, 1.165) is 32.6 Å². The van der Waals surface area contributed by atoms with Gasteiger partial charge in [-0.25, -0.2) is 0 Å². The zero-order valence-corrected chi connectivity index (χ0v) is 29.5. The van der Waals surface area contributed by atoms with Crippen molar-refractivity contribution in [2.75, 3.05) is 19.0 Å². The van der Waals surface area contributed by atoms with Gasteiger partial charge in [0, 0.05) is 40.5 Å². The van der Waals surface area contributed by atoms with Crippen molar-refractivity contribution in [3.63, 3.8) is 0 Å². The SMILES string of the molecule is CCSC1OC(COC(C)=O)C(OC2OC(COC(C)=O)C(OC(C)=O)C(OC(C)=O)C2OC(C)=O)C(C)C1N1C(=O)c2ccccc2C1=O. The van der Waals surface area contributed by atoms with E-state index >= 15 is 0 Å². The average molecular weight is 724 g/mol. The van der Waals surface area contributed by atoms with Crippen LogP contribution in [-0.2, 0) is 61.9 Å². The summed E-state index contributed by atoms with van der Waals surface area (Å²) < 4.78 is 46.1. The molecule has 0 bridgehead atoms. The molecule has 2 amide bonds. The van der Waals surface area contributed by atoms with Gasteiger partial charge in [-0.15, -0.1) is 11.8 Å². The molecule has 10 unspecified atom stereocenters. The lowest BCUT2D eigenvalue weighted by molar-refractivity contribution is -0.333. The number of fused-ring (bicyclic) bond motifs is 1. The Morgan fingerprint density at radius 1 is 0.700 bits per heavy atom. The minimum Gasteiger partial charge on any atom is -0.463 e. The third-order valence-electron chi connectivity index (χ3n) is 8.16. The fourth-order valence-electron chi connectivity index (χ4n) is 6.25. The van der Waals surface area contributed by atoms with Crippen LogP contribution in [-0.4, -0.2) is 120 Å². The maximum Gasteiger partial charge on any atom is 0.303 e. The van der Waals surface area contributed by atoms with E-state index in [0.29, 0.717) is 5.75 Å². The first-order valence-corrected chi connectivity index (χ1v) is 17.0. The molecule has 0 aliphatic carbocycles. The summed E-state index contributed by atoms with van der Waals surface area (Å²) in [6, 6.07) is 5.49. The summed E-state index contributed by atoms with van der Waals surface area (Å²) in [5.74, 6) is -5.06. The van der Waals surface area contributed by atoms with E-state index in [1.807, 2.05) is 6.92 Å². The Balaban J connectivity index is 1.79. The van der Waals surface area contributed by atoms with Crippen LogP contribution in [0.1, 0.15) is 69.2 Å². The molecule has 50 heavy (non-hydrogen) atoms. The van der Waals surface area contributed by atoms with Gasteiger partial charge in [-0.3, -0.25) is 38.5 Å². The topological polar surface area (TPSA) is 197 Å². The highest BCUT2D eigenvalue weighted by Crippen LogP contribution is 2.41. The summed E-state index contributed by atoms with van der Waals surface area (Å²) in [4.78, 5) is 89.2. The number of benzene rings is 1. The Morgan fingerprint density at radius 2 is 1.18 bits per heavy atom. The Kier molecular flexibility index (Phi) is 13.0. The van der Waals surface area contributed by atoms with Crippen molar-refractivity contribution in [3.8, 4) is 0 Å². The molecule has 3 aliphatic heterocycles. The highest BCUT2D eigenvalue weighted by molar-refractivity contribution is 7.99. The molecule has 0 spiro atoms. The van der Waals surface area contributed by atoms with Gasteiger partial charge in [-0.2, -0.15) is 0 Å². The largest absolute Gasteiger partial charge is 0.463 e. The number of nitrogens with zero attached hydrogens (tertiary/aromatic N) is 1. The first-order chi connectivity index (χ1) is 23.6. The van der Waals surface area contributed by atoms with Crippen molar-refractivity contribution in [2.24, 2.45) is 5.92 Å². The number of rotatable bonds is 12. The first-order valence-electron chi connectivity index (χ1n) is 16.0. The quantitative estimate of drug-likeness (QED) is 0.172. The molecular weight excluding hydrogens is 682 g/mol. The third kappa shape index (κ3) is 8.80. The van der Waals surface area contributed by atoms with Gasteiger partial charge in [0.2, 0.25) is 0 Å². The second kappa shape index (κ2) is 16.8. The number of hydrogen-bond acceptors (Lipinski definition) is 16. The molecule has 17 heteroatoms. The number of esters is 5. The smallest absolute Gasteiger partial charge is 0.303 e. The van der Waals surface area contributed by atoms with Gasteiger partial charge >= 0.3 is 29.8 Å². The summed E-state index contributed by atoms with van der Waals surface area (Å²) in [6.07, 6.45) is -9.56. The van der Waals surface area contributed by atoms with E-state index in [1.54, 1.807) is 31.2 Å². The number of imide groups is 1. The van der Waals surface area contributed by atoms with Crippen LogP contribution in [0.4, 0.5) is 0 Å². The monoisotopic (exact) mass is 723 g/mol. The zero-order valence-electron chi connectivity index (χ0n) is 28.7. The molecule has 2 fully saturated rings. The molecule has 1 aromatic rings. The number of hydrogen-bond donors (Lipinski definition) is 0. The van der Waals surface area contributed by atoms with Crippen LogP contribution < -0.4 is 0 Å². The molecule has 4 rings (SSSR count). The van der Waals surface area contributed by atoms with Crippen molar-refractivity contribution in [3.05, 3.63) is 35.4 Å². The summed E-state index contributed by atoms with van der Waals surface area (Å²) in [5, 5.41) is 0. The third-order valence-corrected chi connectivity index (χ3v) is 9.21. The van der Waals surface area contributed by atoms with Crippen molar-refractivity contribution in [1.82, 2.24) is 4.90 Å². The lowest BCUT2D eigenvalue weighted by Gasteiger charge is -2.50.